The van der Waals surface area contributed by atoms with Crippen LogP contribution in [0.4, 0.5) is 24.1 Å². The monoisotopic (exact) mass is 489 g/mol. The van der Waals surface area contributed by atoms with Crippen molar-refractivity contribution in [2.24, 2.45) is 0 Å². The third-order valence-electron chi connectivity index (χ3n) is 5.37. The molecule has 1 fully saturated rings. The first-order valence-electron chi connectivity index (χ1n) is 11.1. The van der Waals surface area contributed by atoms with Crippen molar-refractivity contribution in [3.05, 3.63) is 65.2 Å². The number of esters is 1. The van der Waals surface area contributed by atoms with Gasteiger partial charge < -0.3 is 19.3 Å². The normalized spacial score (nSPS) is 13.9. The molecule has 8 nitrogen and oxygen atoms in total. The molecule has 188 valence electrons. The van der Waals surface area contributed by atoms with E-state index in [2.05, 4.69) is 4.74 Å². The van der Waals surface area contributed by atoms with Crippen molar-refractivity contribution in [3.8, 4) is 0 Å². The summed E-state index contributed by atoms with van der Waals surface area (Å²) >= 11 is 0. The fourth-order valence-electron chi connectivity index (χ4n) is 3.56. The predicted molar refractivity (Wildman–Crippen MR) is 125 cm³/mol. The number of amides is 3. The van der Waals surface area contributed by atoms with Crippen molar-refractivity contribution < 1.29 is 32.6 Å². The van der Waals surface area contributed by atoms with Crippen LogP contribution in [0.2, 0.25) is 0 Å². The summed E-state index contributed by atoms with van der Waals surface area (Å²) < 4.78 is 38.3. The average Bonchev–Trinajstić information content (AvgIpc) is 2.82. The van der Waals surface area contributed by atoms with Crippen LogP contribution < -0.4 is 4.90 Å². The summed E-state index contributed by atoms with van der Waals surface area (Å²) in [4.78, 5) is 41.9. The molecule has 0 aromatic heterocycles. The number of nitrogens with zero attached hydrogens (tertiary/aromatic N) is 3. The molecule has 3 rings (SSSR count). The van der Waals surface area contributed by atoms with E-state index in [1.165, 1.54) is 53.3 Å². The Hall–Kier alpha value is -3.69. The van der Waals surface area contributed by atoms with Gasteiger partial charge in [0.15, 0.2) is 0 Å². The molecule has 2 aromatic rings. The number of carbonyl (C=O) groups is 3. The van der Waals surface area contributed by atoms with E-state index < -0.39 is 35.3 Å². The number of anilines is 1. The fourth-order valence-corrected chi connectivity index (χ4v) is 3.56. The zero-order valence-electron chi connectivity index (χ0n) is 20.2. The summed E-state index contributed by atoms with van der Waals surface area (Å²) in [5, 5.41) is 0. The zero-order chi connectivity index (χ0) is 25.8. The molecule has 0 unspecified atom stereocenters. The molecule has 10 heteroatoms. The van der Waals surface area contributed by atoms with Crippen LogP contribution in [0, 0.1) is 11.6 Å². The maximum absolute atomic E-state index is 14.8. The predicted octanol–water partition coefficient (Wildman–Crippen LogP) is 4.43. The lowest BCUT2D eigenvalue weighted by Crippen LogP contribution is -2.54. The summed E-state index contributed by atoms with van der Waals surface area (Å²) in [6, 6.07) is 8.75. The highest BCUT2D eigenvalue weighted by molar-refractivity contribution is 5.92. The Labute approximate surface area is 203 Å². The Balaban J connectivity index is 1.78. The minimum atomic E-state index is -0.678. The topological polar surface area (TPSA) is 79.4 Å². The van der Waals surface area contributed by atoms with Crippen molar-refractivity contribution in [1.82, 2.24) is 9.80 Å². The number of hydrogen-bond donors (Lipinski definition) is 0. The SMILES string of the molecule is COC(=O)c1ccc(CN(C(=O)N2CCN(C(=O)OC(C)(C)C)CC2)c2ccc(F)cc2)c(F)c1. The standard InChI is InChI=1S/C25H29F2N3O5/c1-25(2,3)35-24(33)29-13-11-28(12-14-29)23(32)30(20-9-7-19(26)8-10-20)16-18-6-5-17(15-21(18)27)22(31)34-4/h5-10,15H,11-14,16H2,1-4H3. The molecule has 0 N–H and O–H groups in total. The molecular weight excluding hydrogens is 460 g/mol. The smallest absolute Gasteiger partial charge is 0.410 e. The van der Waals surface area contributed by atoms with Crippen molar-refractivity contribution in [2.75, 3.05) is 38.2 Å². The lowest BCUT2D eigenvalue weighted by molar-refractivity contribution is 0.0172. The molecule has 2 aromatic carbocycles. The third kappa shape index (κ3) is 6.68. The maximum Gasteiger partial charge on any atom is 0.410 e. The van der Waals surface area contributed by atoms with Crippen molar-refractivity contribution in [2.45, 2.75) is 32.9 Å². The summed E-state index contributed by atoms with van der Waals surface area (Å²) in [6.45, 7) is 6.25. The number of hydrogen-bond acceptors (Lipinski definition) is 5. The van der Waals surface area contributed by atoms with Crippen LogP contribution in [-0.4, -0.2) is 66.8 Å². The zero-order valence-corrected chi connectivity index (χ0v) is 20.2. The largest absolute Gasteiger partial charge is 0.465 e. The Bertz CT molecular complexity index is 1080. The Morgan fingerprint density at radius 3 is 2.09 bits per heavy atom. The first kappa shape index (κ1) is 25.9. The molecule has 0 atom stereocenters. The van der Waals surface area contributed by atoms with Crippen LogP contribution in [0.1, 0.15) is 36.7 Å². The number of benzene rings is 2. The van der Waals surface area contributed by atoms with Crippen LogP contribution in [0.15, 0.2) is 42.5 Å². The first-order chi connectivity index (χ1) is 16.5. The number of halogens is 2. The second-order valence-electron chi connectivity index (χ2n) is 9.10. The molecule has 1 heterocycles. The van der Waals surface area contributed by atoms with Crippen LogP contribution in [-0.2, 0) is 16.0 Å². The molecule has 1 saturated heterocycles. The Morgan fingerprint density at radius 1 is 0.943 bits per heavy atom. The number of ether oxygens (including phenoxy) is 2. The molecule has 0 aliphatic carbocycles. The Kier molecular flexibility index (Phi) is 7.93. The van der Waals surface area contributed by atoms with Crippen LogP contribution in [0.3, 0.4) is 0 Å². The van der Waals surface area contributed by atoms with E-state index in [-0.39, 0.29) is 43.9 Å². The van der Waals surface area contributed by atoms with Gasteiger partial charge in [-0.1, -0.05) is 6.07 Å². The number of rotatable bonds is 4. The van der Waals surface area contributed by atoms with Gasteiger partial charge in [0.05, 0.1) is 19.2 Å². The highest BCUT2D eigenvalue weighted by Crippen LogP contribution is 2.23. The molecule has 0 bridgehead atoms. The van der Waals surface area contributed by atoms with Gasteiger partial charge in [-0.15, -0.1) is 0 Å². The number of carbonyl (C=O) groups excluding carboxylic acids is 3. The highest BCUT2D eigenvalue weighted by Gasteiger charge is 2.30. The second kappa shape index (κ2) is 10.7. The van der Waals surface area contributed by atoms with Gasteiger partial charge in [-0.25, -0.2) is 23.2 Å². The summed E-state index contributed by atoms with van der Waals surface area (Å²) in [6.07, 6.45) is -0.451. The molecule has 0 spiro atoms. The van der Waals surface area contributed by atoms with Gasteiger partial charge in [-0.05, 0) is 57.2 Å². The van der Waals surface area contributed by atoms with Crippen LogP contribution in [0.25, 0.3) is 0 Å². The summed E-state index contributed by atoms with van der Waals surface area (Å²) in [5.74, 6) is -1.83. The second-order valence-corrected chi connectivity index (χ2v) is 9.10. The quantitative estimate of drug-likeness (QED) is 0.594. The van der Waals surface area contributed by atoms with E-state index >= 15 is 0 Å². The van der Waals surface area contributed by atoms with E-state index in [1.54, 1.807) is 25.7 Å². The molecule has 3 amide bonds. The molecule has 0 saturated carbocycles. The van der Waals surface area contributed by atoms with Gasteiger partial charge >= 0.3 is 18.1 Å². The Morgan fingerprint density at radius 2 is 1.54 bits per heavy atom. The molecular formula is C25H29F2N3O5. The summed E-state index contributed by atoms with van der Waals surface area (Å²) in [5.41, 5.74) is -0.0338. The minimum Gasteiger partial charge on any atom is -0.465 e. The van der Waals surface area contributed by atoms with Crippen molar-refractivity contribution >= 4 is 23.8 Å². The number of methoxy groups -OCH3 is 1. The molecule has 0 radical (unpaired) electrons. The van der Waals surface area contributed by atoms with Crippen LogP contribution >= 0.6 is 0 Å². The van der Waals surface area contributed by atoms with Crippen molar-refractivity contribution in [3.63, 3.8) is 0 Å². The van der Waals surface area contributed by atoms with E-state index in [0.717, 1.165) is 6.07 Å². The third-order valence-corrected chi connectivity index (χ3v) is 5.37. The summed E-state index contributed by atoms with van der Waals surface area (Å²) in [7, 11) is 1.20. The van der Waals surface area contributed by atoms with E-state index in [4.69, 9.17) is 4.74 Å². The van der Waals surface area contributed by atoms with Gasteiger partial charge in [0.25, 0.3) is 0 Å². The molecule has 35 heavy (non-hydrogen) atoms. The fraction of sp³-hybridized carbons (Fsp3) is 0.400. The van der Waals surface area contributed by atoms with E-state index in [1.807, 2.05) is 0 Å². The lowest BCUT2D eigenvalue weighted by Gasteiger charge is -2.38. The molecule has 1 aliphatic rings. The lowest BCUT2D eigenvalue weighted by atomic mass is 10.1. The van der Waals surface area contributed by atoms with Crippen molar-refractivity contribution in [1.29, 1.82) is 0 Å². The highest BCUT2D eigenvalue weighted by atomic mass is 19.1. The number of urea groups is 1. The van der Waals surface area contributed by atoms with E-state index in [0.29, 0.717) is 5.69 Å². The van der Waals surface area contributed by atoms with Gasteiger partial charge in [-0.2, -0.15) is 0 Å². The first-order valence-corrected chi connectivity index (χ1v) is 11.1. The molecule has 1 aliphatic heterocycles. The number of piperazine rings is 1. The maximum atomic E-state index is 14.8. The average molecular weight is 490 g/mol. The van der Waals surface area contributed by atoms with Gasteiger partial charge in [0.2, 0.25) is 0 Å². The minimum absolute atomic E-state index is 0.0478. The van der Waals surface area contributed by atoms with Gasteiger partial charge in [0.1, 0.15) is 17.2 Å². The van der Waals surface area contributed by atoms with E-state index in [9.17, 15) is 23.2 Å². The van der Waals surface area contributed by atoms with Gasteiger partial charge in [-0.3, -0.25) is 4.90 Å². The van der Waals surface area contributed by atoms with Crippen LogP contribution in [0.5, 0.6) is 0 Å². The van der Waals surface area contributed by atoms with Gasteiger partial charge in [0, 0.05) is 37.4 Å².